The van der Waals surface area contributed by atoms with Gasteiger partial charge in [0.25, 0.3) is 8.32 Å². The van der Waals surface area contributed by atoms with E-state index in [9.17, 15) is 5.11 Å². The summed E-state index contributed by atoms with van der Waals surface area (Å²) in [4.78, 5) is 0. The van der Waals surface area contributed by atoms with Gasteiger partial charge in [-0.05, 0) is 40.5 Å². The van der Waals surface area contributed by atoms with Crippen LogP contribution < -0.4 is 10.4 Å². The molecule has 2 aromatic carbocycles. The molecule has 0 aromatic heterocycles. The fourth-order valence-corrected chi connectivity index (χ4v) is 9.84. The van der Waals surface area contributed by atoms with E-state index in [0.717, 1.165) is 0 Å². The molecule has 0 aliphatic rings. The molecule has 0 spiro atoms. The van der Waals surface area contributed by atoms with Crippen LogP contribution in [0, 0.1) is 0 Å². The van der Waals surface area contributed by atoms with Gasteiger partial charge in [-0.15, -0.1) is 0 Å². The third kappa shape index (κ3) is 5.76. The molecule has 0 radical (unpaired) electrons. The Morgan fingerprint density at radius 3 is 1.55 bits per heavy atom. The van der Waals surface area contributed by atoms with Crippen molar-refractivity contribution in [2.75, 3.05) is 6.61 Å². The first-order valence-corrected chi connectivity index (χ1v) is 16.1. The van der Waals surface area contributed by atoms with Crippen molar-refractivity contribution in [1.82, 2.24) is 0 Å². The van der Waals surface area contributed by atoms with Crippen LogP contribution in [0.1, 0.15) is 48.5 Å². The number of aliphatic hydroxyl groups excluding tert-OH is 1. The number of hydrogen-bond acceptors (Lipinski definition) is 3. The molecular weight excluding hydrogens is 416 g/mol. The first kappa shape index (κ1) is 26.0. The molecule has 0 saturated carbocycles. The number of aliphatic hydroxyl groups is 1. The van der Waals surface area contributed by atoms with Gasteiger partial charge in [0.1, 0.15) is 6.10 Å². The lowest BCUT2D eigenvalue weighted by molar-refractivity contribution is 0.00619. The molecule has 172 valence electrons. The first-order chi connectivity index (χ1) is 14.2. The predicted octanol–water partition coefficient (Wildman–Crippen LogP) is 5.33. The Kier molecular flexibility index (Phi) is 8.15. The molecule has 2 aromatic rings. The molecule has 31 heavy (non-hydrogen) atoms. The third-order valence-electron chi connectivity index (χ3n) is 6.72. The van der Waals surface area contributed by atoms with Crippen LogP contribution in [-0.4, -0.2) is 40.6 Å². The minimum Gasteiger partial charge on any atom is -0.411 e. The van der Waals surface area contributed by atoms with E-state index in [1.165, 1.54) is 10.4 Å². The van der Waals surface area contributed by atoms with E-state index in [0.29, 0.717) is 0 Å². The fraction of sp³-hybridized carbons (Fsp3) is 0.538. The Morgan fingerprint density at radius 1 is 0.774 bits per heavy atom. The molecule has 0 heterocycles. The van der Waals surface area contributed by atoms with Crippen molar-refractivity contribution in [3.05, 3.63) is 60.7 Å². The van der Waals surface area contributed by atoms with Gasteiger partial charge < -0.3 is 14.0 Å². The van der Waals surface area contributed by atoms with E-state index in [1.54, 1.807) is 0 Å². The lowest BCUT2D eigenvalue weighted by atomic mass is 10.2. The zero-order valence-electron chi connectivity index (χ0n) is 20.9. The zero-order valence-corrected chi connectivity index (χ0v) is 22.9. The lowest BCUT2D eigenvalue weighted by Crippen LogP contribution is -2.67. The molecule has 5 heteroatoms. The number of benzene rings is 2. The highest BCUT2D eigenvalue weighted by Gasteiger charge is 2.50. The Labute approximate surface area is 192 Å². The Balaban J connectivity index is 2.37. The molecule has 0 unspecified atom stereocenters. The number of hydrogen-bond donors (Lipinski definition) is 1. The summed E-state index contributed by atoms with van der Waals surface area (Å²) in [5.74, 6) is 0. The Hall–Kier alpha value is -1.25. The summed E-state index contributed by atoms with van der Waals surface area (Å²) in [5, 5.41) is 13.5. The summed E-state index contributed by atoms with van der Waals surface area (Å²) < 4.78 is 13.3. The first-order valence-electron chi connectivity index (χ1n) is 11.3. The average molecular weight is 459 g/mol. The van der Waals surface area contributed by atoms with Crippen LogP contribution in [0.3, 0.4) is 0 Å². The zero-order chi connectivity index (χ0) is 23.5. The largest absolute Gasteiger partial charge is 0.411 e. The van der Waals surface area contributed by atoms with Crippen LogP contribution in [0.4, 0.5) is 0 Å². The van der Waals surface area contributed by atoms with Gasteiger partial charge in [0.2, 0.25) is 0 Å². The summed E-state index contributed by atoms with van der Waals surface area (Å²) in [6.45, 7) is 20.1. The minimum absolute atomic E-state index is 0.0971. The van der Waals surface area contributed by atoms with E-state index in [2.05, 4.69) is 103 Å². The predicted molar refractivity (Wildman–Crippen MR) is 137 cm³/mol. The summed E-state index contributed by atoms with van der Waals surface area (Å²) in [7, 11) is -4.63. The highest BCUT2D eigenvalue weighted by Crippen LogP contribution is 2.39. The topological polar surface area (TPSA) is 38.7 Å². The van der Waals surface area contributed by atoms with Gasteiger partial charge in [0.15, 0.2) is 8.32 Å². The SMILES string of the molecule is C[C@H](O[Si](C)(C)C(C)(C)C)[C@H](O)CO[Si](c1ccccc1)(c1ccccc1)C(C)(C)C. The maximum Gasteiger partial charge on any atom is 0.261 e. The Bertz CT molecular complexity index is 769. The summed E-state index contributed by atoms with van der Waals surface area (Å²) >= 11 is 0. The molecule has 1 N–H and O–H groups in total. The quantitative estimate of drug-likeness (QED) is 0.543. The second-order valence-electron chi connectivity index (χ2n) is 11.1. The van der Waals surface area contributed by atoms with E-state index in [1.807, 2.05) is 19.1 Å². The number of rotatable bonds is 8. The third-order valence-corrected chi connectivity index (χ3v) is 16.3. The van der Waals surface area contributed by atoms with Gasteiger partial charge in [-0.3, -0.25) is 0 Å². The van der Waals surface area contributed by atoms with Gasteiger partial charge >= 0.3 is 0 Å². The van der Waals surface area contributed by atoms with Crippen LogP contribution in [0.2, 0.25) is 23.2 Å². The summed E-state index contributed by atoms with van der Waals surface area (Å²) in [5.41, 5.74) is 0. The molecule has 0 bridgehead atoms. The molecule has 0 aliphatic heterocycles. The van der Waals surface area contributed by atoms with Gasteiger partial charge in [-0.25, -0.2) is 0 Å². The van der Waals surface area contributed by atoms with Gasteiger partial charge in [-0.1, -0.05) is 102 Å². The second-order valence-corrected chi connectivity index (χ2v) is 20.2. The fourth-order valence-electron chi connectivity index (χ4n) is 3.83. The van der Waals surface area contributed by atoms with Crippen molar-refractivity contribution >= 4 is 27.0 Å². The van der Waals surface area contributed by atoms with E-state index >= 15 is 0 Å². The van der Waals surface area contributed by atoms with Crippen LogP contribution in [0.15, 0.2) is 60.7 Å². The molecular formula is C26H42O3Si2. The minimum atomic E-state index is -2.66. The second kappa shape index (κ2) is 9.71. The molecule has 0 aliphatic carbocycles. The summed E-state index contributed by atoms with van der Waals surface area (Å²) in [6.07, 6.45) is -0.963. The lowest BCUT2D eigenvalue weighted by Gasteiger charge is -2.44. The van der Waals surface area contributed by atoms with Crippen LogP contribution in [0.5, 0.6) is 0 Å². The van der Waals surface area contributed by atoms with Crippen molar-refractivity contribution in [3.8, 4) is 0 Å². The van der Waals surface area contributed by atoms with E-state index in [4.69, 9.17) is 8.85 Å². The molecule has 2 rings (SSSR count). The van der Waals surface area contributed by atoms with Gasteiger partial charge in [0.05, 0.1) is 12.7 Å². The smallest absolute Gasteiger partial charge is 0.261 e. The molecule has 0 saturated heterocycles. The summed E-state index contributed by atoms with van der Waals surface area (Å²) in [6, 6.07) is 21.1. The van der Waals surface area contributed by atoms with Crippen molar-refractivity contribution < 1.29 is 14.0 Å². The van der Waals surface area contributed by atoms with E-state index < -0.39 is 22.7 Å². The van der Waals surface area contributed by atoms with Crippen LogP contribution in [0.25, 0.3) is 0 Å². The Morgan fingerprint density at radius 2 is 1.19 bits per heavy atom. The molecule has 0 fully saturated rings. The maximum absolute atomic E-state index is 11.1. The highest BCUT2D eigenvalue weighted by molar-refractivity contribution is 6.99. The molecule has 0 amide bonds. The molecule has 3 nitrogen and oxygen atoms in total. The maximum atomic E-state index is 11.1. The van der Waals surface area contributed by atoms with Crippen molar-refractivity contribution in [1.29, 1.82) is 0 Å². The molecule has 2 atom stereocenters. The average Bonchev–Trinajstić information content (AvgIpc) is 2.67. The van der Waals surface area contributed by atoms with Crippen molar-refractivity contribution in [2.45, 2.75) is 83.8 Å². The van der Waals surface area contributed by atoms with Gasteiger partial charge in [0, 0.05) is 0 Å². The standard InChI is InChI=1S/C26H42O3Si2/c1-21(29-30(8,9)25(2,3)4)24(27)20-28-31(26(5,6)7,22-16-12-10-13-17-22)23-18-14-11-15-19-23/h10-19,21,24,27H,20H2,1-9H3/t21-,24+/m0/s1. The highest BCUT2D eigenvalue weighted by atomic mass is 28.4. The normalized spacial score (nSPS) is 15.5. The monoisotopic (exact) mass is 458 g/mol. The van der Waals surface area contributed by atoms with Crippen molar-refractivity contribution in [3.63, 3.8) is 0 Å². The van der Waals surface area contributed by atoms with Gasteiger partial charge in [-0.2, -0.15) is 0 Å². The van der Waals surface area contributed by atoms with Crippen LogP contribution >= 0.6 is 0 Å². The van der Waals surface area contributed by atoms with Crippen LogP contribution in [-0.2, 0) is 8.85 Å². The van der Waals surface area contributed by atoms with Crippen molar-refractivity contribution in [2.24, 2.45) is 0 Å². The van der Waals surface area contributed by atoms with E-state index in [-0.39, 0.29) is 22.8 Å².